The number of hydrazine groups is 1. The van der Waals surface area contributed by atoms with Crippen molar-refractivity contribution in [2.24, 2.45) is 5.84 Å². The normalized spacial score (nSPS) is 12.4. The van der Waals surface area contributed by atoms with E-state index in [-0.39, 0.29) is 6.04 Å². The molecule has 0 aliphatic rings. The Morgan fingerprint density at radius 3 is 2.30 bits per heavy atom. The molecule has 0 radical (unpaired) electrons. The van der Waals surface area contributed by atoms with Gasteiger partial charge in [-0.1, -0.05) is 54.4 Å². The largest absolute Gasteiger partial charge is 0.271 e. The van der Waals surface area contributed by atoms with Crippen molar-refractivity contribution in [2.45, 2.75) is 25.8 Å². The summed E-state index contributed by atoms with van der Waals surface area (Å²) in [5.41, 5.74) is 6.27. The van der Waals surface area contributed by atoms with E-state index in [1.54, 1.807) is 12.1 Å². The average molecular weight is 309 g/mol. The maximum Gasteiger partial charge on any atom is 0.0515 e. The molecule has 4 heteroatoms. The molecule has 0 bridgehead atoms. The Labute approximate surface area is 129 Å². The van der Waals surface area contributed by atoms with Crippen LogP contribution in [0.5, 0.6) is 0 Å². The van der Waals surface area contributed by atoms with Gasteiger partial charge in [0.25, 0.3) is 0 Å². The van der Waals surface area contributed by atoms with Crippen molar-refractivity contribution < 1.29 is 0 Å². The molecular weight excluding hydrogens is 291 g/mol. The van der Waals surface area contributed by atoms with Crippen LogP contribution in [0.4, 0.5) is 0 Å². The molecule has 0 saturated heterocycles. The van der Waals surface area contributed by atoms with Crippen molar-refractivity contribution in [1.29, 1.82) is 0 Å². The van der Waals surface area contributed by atoms with Gasteiger partial charge < -0.3 is 0 Å². The summed E-state index contributed by atoms with van der Waals surface area (Å²) in [6.45, 7) is 2.14. The molecule has 2 nitrogen and oxygen atoms in total. The fourth-order valence-electron chi connectivity index (χ4n) is 2.19. The predicted molar refractivity (Wildman–Crippen MR) is 86.1 cm³/mol. The molecule has 1 unspecified atom stereocenters. The summed E-state index contributed by atoms with van der Waals surface area (Å²) >= 11 is 12.3. The molecule has 0 aliphatic heterocycles. The van der Waals surface area contributed by atoms with E-state index in [2.05, 4.69) is 36.6 Å². The lowest BCUT2D eigenvalue weighted by Crippen LogP contribution is -2.29. The van der Waals surface area contributed by atoms with Crippen molar-refractivity contribution in [3.63, 3.8) is 0 Å². The highest BCUT2D eigenvalue weighted by Crippen LogP contribution is 2.28. The second-order valence-electron chi connectivity index (χ2n) is 4.76. The van der Waals surface area contributed by atoms with Gasteiger partial charge in [0.1, 0.15) is 0 Å². The van der Waals surface area contributed by atoms with Crippen LogP contribution in [0.15, 0.2) is 42.5 Å². The lowest BCUT2D eigenvalue weighted by atomic mass is 9.98. The summed E-state index contributed by atoms with van der Waals surface area (Å²) in [5.74, 6) is 5.68. The van der Waals surface area contributed by atoms with E-state index in [0.29, 0.717) is 10.0 Å². The Balaban J connectivity index is 2.21. The first-order valence-electron chi connectivity index (χ1n) is 6.63. The van der Waals surface area contributed by atoms with Gasteiger partial charge in [-0.15, -0.1) is 0 Å². The SMILES string of the molecule is CCc1ccc(CC(NN)c2cc(Cl)ccc2Cl)cc1. The number of aryl methyl sites for hydroxylation is 1. The number of hydrogen-bond donors (Lipinski definition) is 2. The van der Waals surface area contributed by atoms with Gasteiger partial charge in [-0.3, -0.25) is 11.3 Å². The fraction of sp³-hybridized carbons (Fsp3) is 0.250. The zero-order valence-corrected chi connectivity index (χ0v) is 12.9. The summed E-state index contributed by atoms with van der Waals surface area (Å²) in [6, 6.07) is 13.9. The standard InChI is InChI=1S/C16H18Cl2N2/c1-2-11-3-5-12(6-4-11)9-16(20-19)14-10-13(17)7-8-15(14)18/h3-8,10,16,20H,2,9,19H2,1H3. The molecule has 20 heavy (non-hydrogen) atoms. The van der Waals surface area contributed by atoms with Gasteiger partial charge in [0.05, 0.1) is 6.04 Å². The number of hydrogen-bond acceptors (Lipinski definition) is 2. The first kappa shape index (κ1) is 15.3. The van der Waals surface area contributed by atoms with Gasteiger partial charge in [-0.2, -0.15) is 0 Å². The minimum atomic E-state index is -0.0614. The van der Waals surface area contributed by atoms with Gasteiger partial charge >= 0.3 is 0 Å². The second-order valence-corrected chi connectivity index (χ2v) is 5.60. The fourth-order valence-corrected chi connectivity index (χ4v) is 2.62. The Morgan fingerprint density at radius 2 is 1.70 bits per heavy atom. The van der Waals surface area contributed by atoms with E-state index in [4.69, 9.17) is 29.0 Å². The first-order chi connectivity index (χ1) is 9.63. The Morgan fingerprint density at radius 1 is 1.05 bits per heavy atom. The van der Waals surface area contributed by atoms with E-state index in [1.165, 1.54) is 11.1 Å². The summed E-state index contributed by atoms with van der Waals surface area (Å²) in [4.78, 5) is 0. The molecule has 0 fully saturated rings. The molecule has 0 heterocycles. The highest BCUT2D eigenvalue weighted by molar-refractivity contribution is 6.33. The Hall–Kier alpha value is -1.06. The summed E-state index contributed by atoms with van der Waals surface area (Å²) < 4.78 is 0. The van der Waals surface area contributed by atoms with E-state index in [1.807, 2.05) is 6.07 Å². The summed E-state index contributed by atoms with van der Waals surface area (Å²) in [6.07, 6.45) is 1.81. The molecule has 2 rings (SSSR count). The molecule has 1 atom stereocenters. The zero-order chi connectivity index (χ0) is 14.5. The summed E-state index contributed by atoms with van der Waals surface area (Å²) in [5, 5.41) is 1.33. The average Bonchev–Trinajstić information content (AvgIpc) is 2.48. The molecule has 0 spiro atoms. The molecule has 3 N–H and O–H groups in total. The minimum absolute atomic E-state index is 0.0614. The van der Waals surface area contributed by atoms with Crippen molar-refractivity contribution >= 4 is 23.2 Å². The van der Waals surface area contributed by atoms with Crippen LogP contribution in [0.1, 0.15) is 29.7 Å². The van der Waals surface area contributed by atoms with Crippen LogP contribution in [0.2, 0.25) is 10.0 Å². The lowest BCUT2D eigenvalue weighted by Gasteiger charge is -2.18. The van der Waals surface area contributed by atoms with Gasteiger partial charge in [0.15, 0.2) is 0 Å². The summed E-state index contributed by atoms with van der Waals surface area (Å²) in [7, 11) is 0. The van der Waals surface area contributed by atoms with E-state index in [9.17, 15) is 0 Å². The monoisotopic (exact) mass is 308 g/mol. The number of halogens is 2. The van der Waals surface area contributed by atoms with E-state index < -0.39 is 0 Å². The molecule has 0 aliphatic carbocycles. The Bertz CT molecular complexity index is 567. The van der Waals surface area contributed by atoms with Gasteiger partial charge in [0, 0.05) is 10.0 Å². The van der Waals surface area contributed by atoms with E-state index in [0.717, 1.165) is 18.4 Å². The topological polar surface area (TPSA) is 38.0 Å². The van der Waals surface area contributed by atoms with Crippen LogP contribution in [-0.4, -0.2) is 0 Å². The maximum atomic E-state index is 6.23. The Kier molecular flexibility index (Phi) is 5.44. The second kappa shape index (κ2) is 7.09. The molecule has 0 amide bonds. The van der Waals surface area contributed by atoms with Gasteiger partial charge in [-0.05, 0) is 47.7 Å². The van der Waals surface area contributed by atoms with Crippen molar-refractivity contribution in [3.8, 4) is 0 Å². The van der Waals surface area contributed by atoms with Crippen LogP contribution in [0, 0.1) is 0 Å². The van der Waals surface area contributed by atoms with Crippen LogP contribution < -0.4 is 11.3 Å². The van der Waals surface area contributed by atoms with Gasteiger partial charge in [-0.25, -0.2) is 0 Å². The third-order valence-corrected chi connectivity index (χ3v) is 3.98. The third kappa shape index (κ3) is 3.74. The number of nitrogens with two attached hydrogens (primary N) is 1. The third-order valence-electron chi connectivity index (χ3n) is 3.41. The molecule has 0 aromatic heterocycles. The van der Waals surface area contributed by atoms with Crippen LogP contribution >= 0.6 is 23.2 Å². The minimum Gasteiger partial charge on any atom is -0.271 e. The lowest BCUT2D eigenvalue weighted by molar-refractivity contribution is 0.552. The van der Waals surface area contributed by atoms with E-state index >= 15 is 0 Å². The van der Waals surface area contributed by atoms with Crippen molar-refractivity contribution in [2.75, 3.05) is 0 Å². The molecule has 2 aromatic rings. The van der Waals surface area contributed by atoms with Crippen LogP contribution in [0.25, 0.3) is 0 Å². The van der Waals surface area contributed by atoms with Crippen molar-refractivity contribution in [1.82, 2.24) is 5.43 Å². The number of nitrogens with one attached hydrogen (secondary N) is 1. The quantitative estimate of drug-likeness (QED) is 0.638. The van der Waals surface area contributed by atoms with Crippen LogP contribution in [-0.2, 0) is 12.8 Å². The molecule has 106 valence electrons. The predicted octanol–water partition coefficient (Wildman–Crippen LogP) is 4.30. The molecule has 0 saturated carbocycles. The highest BCUT2D eigenvalue weighted by atomic mass is 35.5. The van der Waals surface area contributed by atoms with Crippen molar-refractivity contribution in [3.05, 3.63) is 69.2 Å². The van der Waals surface area contributed by atoms with Gasteiger partial charge in [0.2, 0.25) is 0 Å². The molecule has 2 aromatic carbocycles. The maximum absolute atomic E-state index is 6.23. The molecular formula is C16H18Cl2N2. The number of rotatable bonds is 5. The highest BCUT2D eigenvalue weighted by Gasteiger charge is 2.14. The smallest absolute Gasteiger partial charge is 0.0515 e. The van der Waals surface area contributed by atoms with Crippen LogP contribution in [0.3, 0.4) is 0 Å². The first-order valence-corrected chi connectivity index (χ1v) is 7.38. The number of benzene rings is 2. The zero-order valence-electron chi connectivity index (χ0n) is 11.4.